The number of nitrogens with one attached hydrogen (secondary N) is 2. The number of piperidine rings is 1. The van der Waals surface area contributed by atoms with Gasteiger partial charge in [0.1, 0.15) is 5.82 Å². The molecule has 0 unspecified atom stereocenters. The van der Waals surface area contributed by atoms with Crippen molar-refractivity contribution in [2.24, 2.45) is 5.92 Å². The smallest absolute Gasteiger partial charge is 0.395 e. The Kier molecular flexibility index (Phi) is 8.18. The van der Waals surface area contributed by atoms with Gasteiger partial charge in [0, 0.05) is 35.8 Å². The van der Waals surface area contributed by atoms with E-state index in [2.05, 4.69) is 40.9 Å². The molecule has 0 atom stereocenters. The molecule has 2 aliphatic heterocycles. The number of carbonyl (C=O) groups excluding carboxylic acids is 2. The van der Waals surface area contributed by atoms with Crippen LogP contribution in [0.15, 0.2) is 72.8 Å². The third-order valence-corrected chi connectivity index (χ3v) is 8.32. The summed E-state index contributed by atoms with van der Waals surface area (Å²) in [6.07, 6.45) is -1.47. The van der Waals surface area contributed by atoms with Gasteiger partial charge in [-0.3, -0.25) is 10.1 Å². The van der Waals surface area contributed by atoms with Crippen molar-refractivity contribution >= 4 is 23.4 Å². The Balaban J connectivity index is 1.09. The molecule has 11 heteroatoms. The highest BCUT2D eigenvalue weighted by molar-refractivity contribution is 6.00. The number of likely N-dealkylation sites (tertiary alicyclic amines) is 1. The quantitative estimate of drug-likeness (QED) is 0.230. The lowest BCUT2D eigenvalue weighted by Gasteiger charge is -2.32. The van der Waals surface area contributed by atoms with E-state index in [1.165, 1.54) is 18.2 Å². The van der Waals surface area contributed by atoms with E-state index >= 15 is 0 Å². The average Bonchev–Trinajstić information content (AvgIpc) is 3.57. The number of hydrogen-bond donors (Lipinski definition) is 2. The second-order valence-corrected chi connectivity index (χ2v) is 12.9. The lowest BCUT2D eigenvalue weighted by atomic mass is 9.89. The van der Waals surface area contributed by atoms with Gasteiger partial charge in [0.15, 0.2) is 11.5 Å². The molecular formula is C35H37F2N5O4. The molecule has 46 heavy (non-hydrogen) atoms. The fourth-order valence-corrected chi connectivity index (χ4v) is 5.73. The number of para-hydroxylation sites is 1. The first-order valence-electron chi connectivity index (χ1n) is 15.4. The lowest BCUT2D eigenvalue weighted by Crippen LogP contribution is -2.39. The van der Waals surface area contributed by atoms with Crippen molar-refractivity contribution in [1.82, 2.24) is 14.7 Å². The minimum absolute atomic E-state index is 0.0900. The number of anilines is 2. The van der Waals surface area contributed by atoms with E-state index in [1.807, 2.05) is 61.5 Å². The fourth-order valence-electron chi connectivity index (χ4n) is 5.73. The molecule has 4 aromatic rings. The first-order chi connectivity index (χ1) is 21.8. The highest BCUT2D eigenvalue weighted by Crippen LogP contribution is 2.41. The average molecular weight is 630 g/mol. The Hall–Kier alpha value is -4.93. The van der Waals surface area contributed by atoms with Crippen LogP contribution in [0.5, 0.6) is 11.5 Å². The number of hydrogen-bond acceptors (Lipinski definition) is 5. The molecule has 0 spiro atoms. The van der Waals surface area contributed by atoms with Gasteiger partial charge in [-0.25, -0.2) is 9.48 Å². The van der Waals surface area contributed by atoms with Crippen molar-refractivity contribution in [2.75, 3.05) is 23.7 Å². The van der Waals surface area contributed by atoms with Gasteiger partial charge in [0.05, 0.1) is 11.4 Å². The Morgan fingerprint density at radius 1 is 0.935 bits per heavy atom. The summed E-state index contributed by atoms with van der Waals surface area (Å²) in [5, 5.41) is 10.8. The van der Waals surface area contributed by atoms with E-state index in [0.29, 0.717) is 30.5 Å². The topological polar surface area (TPSA) is 97.7 Å². The number of alkyl halides is 2. The number of nitrogens with zero attached hydrogens (tertiary/aromatic N) is 3. The summed E-state index contributed by atoms with van der Waals surface area (Å²) in [5.41, 5.74) is 4.62. The van der Waals surface area contributed by atoms with Crippen molar-refractivity contribution in [1.29, 1.82) is 0 Å². The van der Waals surface area contributed by atoms with Crippen LogP contribution in [-0.2, 0) is 11.8 Å². The molecule has 0 saturated carbocycles. The van der Waals surface area contributed by atoms with Crippen molar-refractivity contribution in [3.8, 4) is 17.2 Å². The maximum absolute atomic E-state index is 13.4. The third kappa shape index (κ3) is 6.83. The molecule has 2 aliphatic rings. The lowest BCUT2D eigenvalue weighted by molar-refractivity contribution is -0.286. The van der Waals surface area contributed by atoms with Crippen molar-refractivity contribution < 1.29 is 27.8 Å². The number of urea groups is 1. The summed E-state index contributed by atoms with van der Waals surface area (Å²) in [6.45, 7) is 9.32. The molecule has 6 rings (SSSR count). The summed E-state index contributed by atoms with van der Waals surface area (Å²) >= 11 is 0. The van der Waals surface area contributed by atoms with Crippen LogP contribution in [-0.4, -0.2) is 46.0 Å². The Morgan fingerprint density at radius 2 is 1.63 bits per heavy atom. The van der Waals surface area contributed by atoms with Crippen LogP contribution in [0.4, 0.5) is 25.1 Å². The number of benzene rings is 3. The highest BCUT2D eigenvalue weighted by Gasteiger charge is 2.43. The van der Waals surface area contributed by atoms with Crippen molar-refractivity contribution in [3.05, 3.63) is 95.2 Å². The molecule has 0 bridgehead atoms. The number of rotatable bonds is 6. The van der Waals surface area contributed by atoms with Crippen LogP contribution in [0.1, 0.15) is 60.8 Å². The van der Waals surface area contributed by atoms with E-state index in [-0.39, 0.29) is 34.4 Å². The van der Waals surface area contributed by atoms with Crippen molar-refractivity contribution in [3.63, 3.8) is 0 Å². The van der Waals surface area contributed by atoms with E-state index in [9.17, 15) is 18.4 Å². The Morgan fingerprint density at radius 3 is 2.35 bits per heavy atom. The van der Waals surface area contributed by atoms with Crippen LogP contribution in [0, 0.1) is 12.8 Å². The molecule has 9 nitrogen and oxygen atoms in total. The largest absolute Gasteiger partial charge is 0.586 e. The van der Waals surface area contributed by atoms with Crippen LogP contribution in [0.2, 0.25) is 0 Å². The number of halogens is 2. The number of amides is 3. The second-order valence-electron chi connectivity index (χ2n) is 12.9. The van der Waals surface area contributed by atoms with Gasteiger partial charge in [0.2, 0.25) is 0 Å². The van der Waals surface area contributed by atoms with Gasteiger partial charge in [0.25, 0.3) is 5.91 Å². The number of aromatic nitrogens is 2. The zero-order valence-electron chi connectivity index (χ0n) is 26.3. The summed E-state index contributed by atoms with van der Waals surface area (Å²) in [6, 6.07) is 21.3. The van der Waals surface area contributed by atoms with Gasteiger partial charge in [-0.1, -0.05) is 56.7 Å². The van der Waals surface area contributed by atoms with E-state index in [1.54, 1.807) is 9.58 Å². The van der Waals surface area contributed by atoms with E-state index in [0.717, 1.165) is 41.8 Å². The standard InChI is InChI=1S/C35H37F2N5O4/c1-22-9-12-26(13-10-22)42-31(21-30(40-42)34(2,3)4)39-33(44)38-27-8-6-5-7-24(27)19-23-15-17-41(18-16-23)32(43)25-11-14-28-29(20-25)46-35(36,37)45-28/h5-14,20-21,23H,15-19H2,1-4H3,(H2,38,39,44). The Labute approximate surface area is 266 Å². The summed E-state index contributed by atoms with van der Waals surface area (Å²) in [7, 11) is 0. The van der Waals surface area contributed by atoms with E-state index in [4.69, 9.17) is 5.10 Å². The summed E-state index contributed by atoms with van der Waals surface area (Å²) < 4.78 is 37.5. The van der Waals surface area contributed by atoms with Crippen LogP contribution in [0.25, 0.3) is 5.69 Å². The molecule has 2 N–H and O–H groups in total. The highest BCUT2D eigenvalue weighted by atomic mass is 19.3. The van der Waals surface area contributed by atoms with E-state index < -0.39 is 6.29 Å². The molecule has 3 aromatic carbocycles. The third-order valence-electron chi connectivity index (χ3n) is 8.32. The monoisotopic (exact) mass is 629 g/mol. The molecule has 1 saturated heterocycles. The normalized spacial score (nSPS) is 15.9. The zero-order chi connectivity index (χ0) is 32.6. The fraction of sp³-hybridized carbons (Fsp3) is 0.343. The molecule has 1 fully saturated rings. The second kappa shape index (κ2) is 12.1. The van der Waals surface area contributed by atoms with Crippen molar-refractivity contribution in [2.45, 2.75) is 58.7 Å². The molecule has 0 aliphatic carbocycles. The van der Waals surface area contributed by atoms with Crippen LogP contribution in [0.3, 0.4) is 0 Å². The minimum Gasteiger partial charge on any atom is -0.395 e. The molecule has 3 amide bonds. The Bertz CT molecular complexity index is 1760. The maximum atomic E-state index is 13.4. The predicted octanol–water partition coefficient (Wildman–Crippen LogP) is 7.54. The molecule has 1 aromatic heterocycles. The maximum Gasteiger partial charge on any atom is 0.586 e. The molecule has 3 heterocycles. The molecule has 240 valence electrons. The number of carbonyl (C=O) groups is 2. The minimum atomic E-state index is -3.73. The number of fused-ring (bicyclic) bond motifs is 1. The summed E-state index contributed by atoms with van der Waals surface area (Å²) in [5.74, 6) is 0.388. The van der Waals surface area contributed by atoms with Crippen LogP contribution >= 0.6 is 0 Å². The summed E-state index contributed by atoms with van der Waals surface area (Å²) in [4.78, 5) is 28.2. The van der Waals surface area contributed by atoms with Gasteiger partial charge < -0.3 is 19.7 Å². The van der Waals surface area contributed by atoms with Crippen LogP contribution < -0.4 is 20.1 Å². The molecular weight excluding hydrogens is 592 g/mol. The zero-order valence-corrected chi connectivity index (χ0v) is 26.3. The first kappa shape index (κ1) is 31.1. The van der Waals surface area contributed by atoms with Gasteiger partial charge >= 0.3 is 12.3 Å². The molecule has 0 radical (unpaired) electrons. The SMILES string of the molecule is Cc1ccc(-n2nc(C(C)(C)C)cc2NC(=O)Nc2ccccc2CC2CCN(C(=O)c3ccc4c(c3)OC(F)(F)O4)CC2)cc1. The first-order valence-corrected chi connectivity index (χ1v) is 15.4. The number of ether oxygens (including phenoxy) is 2. The van der Waals surface area contributed by atoms with Gasteiger partial charge in [-0.05, 0) is 74.1 Å². The number of aryl methyl sites for hydroxylation is 1. The predicted molar refractivity (Wildman–Crippen MR) is 171 cm³/mol. The van der Waals surface area contributed by atoms with Gasteiger partial charge in [-0.2, -0.15) is 5.10 Å². The van der Waals surface area contributed by atoms with Gasteiger partial charge in [-0.15, -0.1) is 8.78 Å².